The molecule has 1 amide bonds. The zero-order valence-electron chi connectivity index (χ0n) is 15.5. The Kier molecular flexibility index (Phi) is 5.18. The molecule has 2 aromatic heterocycles. The van der Waals surface area contributed by atoms with Gasteiger partial charge in [0.05, 0.1) is 18.1 Å². The lowest BCUT2D eigenvalue weighted by molar-refractivity contribution is -0.117. The molecule has 8 nitrogen and oxygen atoms in total. The number of hydrogen-bond acceptors (Lipinski definition) is 5. The van der Waals surface area contributed by atoms with Gasteiger partial charge in [0.15, 0.2) is 0 Å². The minimum Gasteiger partial charge on any atom is -0.346 e. The number of nitrogens with zero attached hydrogens (tertiary/aromatic N) is 2. The van der Waals surface area contributed by atoms with Crippen molar-refractivity contribution in [3.63, 3.8) is 0 Å². The van der Waals surface area contributed by atoms with Crippen LogP contribution in [0, 0.1) is 5.92 Å². The number of anilines is 2. The number of hydrogen-bond donors (Lipinski definition) is 3. The first-order valence-electron chi connectivity index (χ1n) is 9.28. The molecule has 0 saturated heterocycles. The molecule has 1 aliphatic rings. The summed E-state index contributed by atoms with van der Waals surface area (Å²) < 4.78 is 38.5. The number of benzene rings is 1. The number of carbonyl (C=O) groups excluding carboxylic acids is 1. The summed E-state index contributed by atoms with van der Waals surface area (Å²) >= 11 is 0. The summed E-state index contributed by atoms with van der Waals surface area (Å²) in [4.78, 5) is 23.9. The second-order valence-electron chi connectivity index (χ2n) is 6.94. The highest BCUT2D eigenvalue weighted by atomic mass is 32.2. The van der Waals surface area contributed by atoms with Gasteiger partial charge in [-0.25, -0.2) is 13.4 Å². The Hall–Kier alpha value is -3.01. The number of sulfonamides is 1. The standard InChI is InChI=1S/C19H20FN5O3S/c20-9-1-11-29(27,28)25-14-6-4-12(5-7-14)16-15-8-10-21-17(15)23-19(22-16)24-18(26)13-2-3-13/h4-8,10,13,25H,1-3,9,11H2,(H2,21,22,23,24,26). The summed E-state index contributed by atoms with van der Waals surface area (Å²) in [7, 11) is -3.59. The van der Waals surface area contributed by atoms with Gasteiger partial charge in [-0.3, -0.25) is 19.2 Å². The van der Waals surface area contributed by atoms with Gasteiger partial charge in [-0.1, -0.05) is 12.1 Å². The van der Waals surface area contributed by atoms with Crippen molar-refractivity contribution < 1.29 is 17.6 Å². The van der Waals surface area contributed by atoms with E-state index in [0.717, 1.165) is 23.8 Å². The molecule has 2 heterocycles. The topological polar surface area (TPSA) is 117 Å². The Balaban J connectivity index is 1.60. The third kappa shape index (κ3) is 4.53. The molecule has 4 rings (SSSR count). The maximum atomic E-state index is 12.2. The average Bonchev–Trinajstić information content (AvgIpc) is 3.44. The van der Waals surface area contributed by atoms with Crippen molar-refractivity contribution in [3.8, 4) is 11.3 Å². The van der Waals surface area contributed by atoms with Gasteiger partial charge in [0.25, 0.3) is 0 Å². The number of rotatable bonds is 8. The molecule has 3 aromatic rings. The average molecular weight is 417 g/mol. The molecule has 1 fully saturated rings. The van der Waals surface area contributed by atoms with Crippen LogP contribution >= 0.6 is 0 Å². The minimum atomic E-state index is -3.59. The van der Waals surface area contributed by atoms with Crippen molar-refractivity contribution in [2.24, 2.45) is 5.92 Å². The van der Waals surface area contributed by atoms with E-state index in [2.05, 4.69) is 25.0 Å². The van der Waals surface area contributed by atoms with E-state index in [1.54, 1.807) is 30.5 Å². The van der Waals surface area contributed by atoms with E-state index in [9.17, 15) is 17.6 Å². The molecule has 1 aromatic carbocycles. The normalized spacial score (nSPS) is 14.1. The minimum absolute atomic E-state index is 0.0334. The molecular formula is C19H20FN5O3S. The van der Waals surface area contributed by atoms with Crippen LogP contribution in [0.25, 0.3) is 22.3 Å². The lowest BCUT2D eigenvalue weighted by atomic mass is 10.1. The van der Waals surface area contributed by atoms with Gasteiger partial charge in [0, 0.05) is 28.8 Å². The van der Waals surface area contributed by atoms with Crippen molar-refractivity contribution in [2.45, 2.75) is 19.3 Å². The lowest BCUT2D eigenvalue weighted by Gasteiger charge is -2.10. The fourth-order valence-corrected chi connectivity index (χ4v) is 4.03. The van der Waals surface area contributed by atoms with E-state index in [0.29, 0.717) is 17.0 Å². The quantitative estimate of drug-likeness (QED) is 0.521. The number of H-pyrrole nitrogens is 1. The Labute approximate surface area is 167 Å². The Morgan fingerprint density at radius 3 is 2.62 bits per heavy atom. The number of carbonyl (C=O) groups is 1. The second-order valence-corrected chi connectivity index (χ2v) is 8.78. The Bertz CT molecular complexity index is 1140. The maximum Gasteiger partial charge on any atom is 0.232 e. The summed E-state index contributed by atoms with van der Waals surface area (Å²) in [6.45, 7) is -0.681. The summed E-state index contributed by atoms with van der Waals surface area (Å²) in [5, 5.41) is 3.54. The molecular weight excluding hydrogens is 397 g/mol. The molecule has 0 bridgehead atoms. The van der Waals surface area contributed by atoms with Gasteiger partial charge >= 0.3 is 0 Å². The van der Waals surface area contributed by atoms with Gasteiger partial charge in [-0.2, -0.15) is 4.98 Å². The van der Waals surface area contributed by atoms with Crippen LogP contribution in [0.3, 0.4) is 0 Å². The highest BCUT2D eigenvalue weighted by Gasteiger charge is 2.30. The molecule has 0 atom stereocenters. The van der Waals surface area contributed by atoms with Crippen LogP contribution in [-0.4, -0.2) is 41.7 Å². The highest BCUT2D eigenvalue weighted by molar-refractivity contribution is 7.92. The summed E-state index contributed by atoms with van der Waals surface area (Å²) in [5.41, 5.74) is 2.34. The predicted molar refractivity (Wildman–Crippen MR) is 109 cm³/mol. The van der Waals surface area contributed by atoms with Crippen LogP contribution in [0.15, 0.2) is 36.5 Å². The molecule has 1 aliphatic carbocycles. The van der Waals surface area contributed by atoms with Crippen LogP contribution in [0.2, 0.25) is 0 Å². The molecule has 3 N–H and O–H groups in total. The van der Waals surface area contributed by atoms with Crippen LogP contribution in [0.5, 0.6) is 0 Å². The van der Waals surface area contributed by atoms with Crippen LogP contribution < -0.4 is 10.0 Å². The van der Waals surface area contributed by atoms with Gasteiger partial charge in [-0.15, -0.1) is 0 Å². The maximum absolute atomic E-state index is 12.2. The number of amides is 1. The van der Waals surface area contributed by atoms with Gasteiger partial charge in [0.1, 0.15) is 5.65 Å². The third-order valence-electron chi connectivity index (χ3n) is 4.58. The molecule has 29 heavy (non-hydrogen) atoms. The Morgan fingerprint density at radius 1 is 1.17 bits per heavy atom. The SMILES string of the molecule is O=C(Nc1nc(-c2ccc(NS(=O)(=O)CCCF)cc2)c2cc[nH]c2n1)C1CC1. The first-order chi connectivity index (χ1) is 13.9. The van der Waals surface area contributed by atoms with Crippen molar-refractivity contribution in [1.29, 1.82) is 0 Å². The van der Waals surface area contributed by atoms with Gasteiger partial charge in [0.2, 0.25) is 21.9 Å². The fourth-order valence-electron chi connectivity index (χ4n) is 2.95. The van der Waals surface area contributed by atoms with Crippen LogP contribution in [-0.2, 0) is 14.8 Å². The summed E-state index contributed by atoms with van der Waals surface area (Å²) in [6.07, 6.45) is 3.45. The van der Waals surface area contributed by atoms with Crippen molar-refractivity contribution in [1.82, 2.24) is 15.0 Å². The van der Waals surface area contributed by atoms with Crippen molar-refractivity contribution >= 4 is 38.6 Å². The van der Waals surface area contributed by atoms with Crippen molar-refractivity contribution in [3.05, 3.63) is 36.5 Å². The van der Waals surface area contributed by atoms with E-state index in [1.165, 1.54) is 0 Å². The molecule has 0 radical (unpaired) electrons. The number of fused-ring (bicyclic) bond motifs is 1. The number of nitrogens with one attached hydrogen (secondary N) is 3. The van der Waals surface area contributed by atoms with Crippen molar-refractivity contribution in [2.75, 3.05) is 22.5 Å². The molecule has 0 spiro atoms. The zero-order valence-corrected chi connectivity index (χ0v) is 16.3. The second kappa shape index (κ2) is 7.78. The van der Waals surface area contributed by atoms with E-state index < -0.39 is 16.7 Å². The van der Waals surface area contributed by atoms with Gasteiger partial charge < -0.3 is 4.98 Å². The summed E-state index contributed by atoms with van der Waals surface area (Å²) in [5.74, 6) is -0.0978. The Morgan fingerprint density at radius 2 is 1.93 bits per heavy atom. The van der Waals surface area contributed by atoms with E-state index in [1.807, 2.05) is 6.07 Å². The first kappa shape index (κ1) is 19.3. The molecule has 152 valence electrons. The first-order valence-corrected chi connectivity index (χ1v) is 10.9. The largest absolute Gasteiger partial charge is 0.346 e. The van der Waals surface area contributed by atoms with E-state index in [4.69, 9.17) is 0 Å². The van der Waals surface area contributed by atoms with E-state index >= 15 is 0 Å². The smallest absolute Gasteiger partial charge is 0.232 e. The van der Waals surface area contributed by atoms with Crippen LogP contribution in [0.1, 0.15) is 19.3 Å². The number of aromatic amines is 1. The molecule has 1 saturated carbocycles. The van der Waals surface area contributed by atoms with E-state index in [-0.39, 0.29) is 29.9 Å². The molecule has 0 unspecified atom stereocenters. The molecule has 10 heteroatoms. The summed E-state index contributed by atoms with van der Waals surface area (Å²) in [6, 6.07) is 8.53. The molecule has 0 aliphatic heterocycles. The number of aromatic nitrogens is 3. The number of alkyl halides is 1. The lowest BCUT2D eigenvalue weighted by Crippen LogP contribution is -2.17. The fraction of sp³-hybridized carbons (Fsp3) is 0.316. The van der Waals surface area contributed by atoms with Crippen LogP contribution in [0.4, 0.5) is 16.0 Å². The number of halogens is 1. The monoisotopic (exact) mass is 417 g/mol. The van der Waals surface area contributed by atoms with Gasteiger partial charge in [-0.05, 0) is 37.5 Å². The highest BCUT2D eigenvalue weighted by Crippen LogP contribution is 2.31. The third-order valence-corrected chi connectivity index (χ3v) is 5.95. The zero-order chi connectivity index (χ0) is 20.4. The predicted octanol–water partition coefficient (Wildman–Crippen LogP) is 3.07.